The molecule has 0 aliphatic heterocycles. The van der Waals surface area contributed by atoms with E-state index in [0.29, 0.717) is 0 Å². The molecule has 0 spiro atoms. The highest BCUT2D eigenvalue weighted by Gasteiger charge is 1.84. The Morgan fingerprint density at radius 3 is 2.00 bits per heavy atom. The summed E-state index contributed by atoms with van der Waals surface area (Å²) in [6, 6.07) is 7.80. The van der Waals surface area contributed by atoms with Crippen LogP contribution in [-0.2, 0) is 0 Å². The lowest BCUT2D eigenvalue weighted by molar-refractivity contribution is 0.399. The quantitative estimate of drug-likeness (QED) is 0.530. The molecule has 2 nitrogen and oxygen atoms in total. The Bertz CT molecular complexity index is 165. The number of aliphatic hydroxyl groups is 1. The maximum atomic E-state index is 7.00. The minimum Gasteiger partial charge on any atom is -0.400 e. The number of nitrogens with two attached hydrogens (primary N) is 1. The molecule has 0 aliphatic rings. The first-order chi connectivity index (χ1) is 4.80. The fourth-order valence-corrected chi connectivity index (χ4v) is 0.587. The molecule has 0 heterocycles. The molecule has 0 aliphatic carbocycles. The highest BCUT2D eigenvalue weighted by molar-refractivity contribution is 5.44. The van der Waals surface area contributed by atoms with Crippen LogP contribution in [0.25, 0.3) is 0 Å². The van der Waals surface area contributed by atoms with E-state index < -0.39 is 0 Å². The van der Waals surface area contributed by atoms with E-state index in [0.717, 1.165) is 18.4 Å². The first-order valence-electron chi connectivity index (χ1n) is 3.06. The summed E-state index contributed by atoms with van der Waals surface area (Å²) in [5.41, 5.74) is 7.53. The number of benzene rings is 1. The summed E-state index contributed by atoms with van der Waals surface area (Å²) < 4.78 is 0. The third kappa shape index (κ3) is 2.51. The summed E-state index contributed by atoms with van der Waals surface area (Å²) in [6.07, 6.45) is 0. The molecule has 1 aromatic carbocycles. The van der Waals surface area contributed by atoms with E-state index in [1.807, 2.05) is 31.2 Å². The first-order valence-corrected chi connectivity index (χ1v) is 3.06. The van der Waals surface area contributed by atoms with Gasteiger partial charge in [-0.15, -0.1) is 0 Å². The predicted molar refractivity (Wildman–Crippen MR) is 43.7 cm³/mol. The summed E-state index contributed by atoms with van der Waals surface area (Å²) in [7, 11) is 1.00. The van der Waals surface area contributed by atoms with Gasteiger partial charge in [-0.1, -0.05) is 18.2 Å². The van der Waals surface area contributed by atoms with Crippen molar-refractivity contribution < 1.29 is 5.11 Å². The van der Waals surface area contributed by atoms with Gasteiger partial charge in [-0.25, -0.2) is 0 Å². The molecule has 0 bridgehead atoms. The van der Waals surface area contributed by atoms with Gasteiger partial charge >= 0.3 is 0 Å². The fourth-order valence-electron chi connectivity index (χ4n) is 0.587. The van der Waals surface area contributed by atoms with Crippen LogP contribution in [0.5, 0.6) is 0 Å². The summed E-state index contributed by atoms with van der Waals surface area (Å²) in [5, 5.41) is 7.00. The number of hydrogen-bond acceptors (Lipinski definition) is 2. The number of anilines is 1. The molecule has 0 saturated heterocycles. The van der Waals surface area contributed by atoms with Crippen molar-refractivity contribution in [3.05, 3.63) is 29.8 Å². The van der Waals surface area contributed by atoms with Crippen molar-refractivity contribution in [3.63, 3.8) is 0 Å². The van der Waals surface area contributed by atoms with E-state index in [4.69, 9.17) is 10.8 Å². The number of aryl methyl sites for hydroxylation is 1. The lowest BCUT2D eigenvalue weighted by Gasteiger charge is -1.93. The monoisotopic (exact) mass is 139 g/mol. The van der Waals surface area contributed by atoms with E-state index in [1.54, 1.807) is 0 Å². The van der Waals surface area contributed by atoms with Crippen LogP contribution < -0.4 is 5.73 Å². The Kier molecular flexibility index (Phi) is 4.33. The lowest BCUT2D eigenvalue weighted by atomic mass is 10.2. The highest BCUT2D eigenvalue weighted by Crippen LogP contribution is 2.06. The molecule has 0 unspecified atom stereocenters. The average molecular weight is 139 g/mol. The van der Waals surface area contributed by atoms with Gasteiger partial charge in [-0.3, -0.25) is 0 Å². The maximum absolute atomic E-state index is 7.00. The van der Waals surface area contributed by atoms with E-state index >= 15 is 0 Å². The van der Waals surface area contributed by atoms with Crippen molar-refractivity contribution >= 4 is 5.69 Å². The number of para-hydroxylation sites is 1. The van der Waals surface area contributed by atoms with Gasteiger partial charge in [-0.05, 0) is 18.6 Å². The second-order valence-electron chi connectivity index (χ2n) is 1.86. The van der Waals surface area contributed by atoms with Crippen LogP contribution in [0.2, 0.25) is 0 Å². The van der Waals surface area contributed by atoms with Crippen molar-refractivity contribution in [1.29, 1.82) is 0 Å². The molecule has 56 valence electrons. The zero-order chi connectivity index (χ0) is 7.98. The van der Waals surface area contributed by atoms with Crippen LogP contribution in [0.1, 0.15) is 5.56 Å². The van der Waals surface area contributed by atoms with Crippen molar-refractivity contribution in [2.45, 2.75) is 6.92 Å². The Morgan fingerprint density at radius 1 is 1.20 bits per heavy atom. The molecule has 0 radical (unpaired) electrons. The maximum Gasteiger partial charge on any atom is 0.0343 e. The van der Waals surface area contributed by atoms with Crippen LogP contribution >= 0.6 is 0 Å². The molecule has 0 fully saturated rings. The van der Waals surface area contributed by atoms with Gasteiger partial charge in [0.25, 0.3) is 0 Å². The van der Waals surface area contributed by atoms with Gasteiger partial charge in [0.2, 0.25) is 0 Å². The Labute approximate surface area is 61.3 Å². The van der Waals surface area contributed by atoms with Crippen LogP contribution in [-0.4, -0.2) is 12.2 Å². The summed E-state index contributed by atoms with van der Waals surface area (Å²) in [6.45, 7) is 2.00. The molecule has 0 atom stereocenters. The third-order valence-electron chi connectivity index (χ3n) is 1.19. The average Bonchev–Trinajstić information content (AvgIpc) is 2.00. The van der Waals surface area contributed by atoms with Gasteiger partial charge in [0, 0.05) is 12.8 Å². The molecule has 0 aromatic heterocycles. The summed E-state index contributed by atoms with van der Waals surface area (Å²) >= 11 is 0. The lowest BCUT2D eigenvalue weighted by Crippen LogP contribution is -1.85. The van der Waals surface area contributed by atoms with E-state index in [-0.39, 0.29) is 0 Å². The largest absolute Gasteiger partial charge is 0.400 e. The van der Waals surface area contributed by atoms with Crippen molar-refractivity contribution in [2.24, 2.45) is 0 Å². The van der Waals surface area contributed by atoms with Crippen molar-refractivity contribution in [3.8, 4) is 0 Å². The third-order valence-corrected chi connectivity index (χ3v) is 1.19. The molecule has 0 saturated carbocycles. The normalized spacial score (nSPS) is 7.90. The van der Waals surface area contributed by atoms with Crippen molar-refractivity contribution in [2.75, 3.05) is 12.8 Å². The highest BCUT2D eigenvalue weighted by atomic mass is 16.2. The minimum atomic E-state index is 0.868. The van der Waals surface area contributed by atoms with E-state index in [9.17, 15) is 0 Å². The van der Waals surface area contributed by atoms with Crippen LogP contribution in [0.3, 0.4) is 0 Å². The van der Waals surface area contributed by atoms with E-state index in [2.05, 4.69) is 0 Å². The second-order valence-corrected chi connectivity index (χ2v) is 1.86. The molecular weight excluding hydrogens is 126 g/mol. The topological polar surface area (TPSA) is 46.2 Å². The minimum absolute atomic E-state index is 0.868. The van der Waals surface area contributed by atoms with Gasteiger partial charge in [-0.2, -0.15) is 0 Å². The Morgan fingerprint density at radius 2 is 1.70 bits per heavy atom. The molecule has 3 N–H and O–H groups in total. The van der Waals surface area contributed by atoms with Gasteiger partial charge in [0.05, 0.1) is 0 Å². The Balaban J connectivity index is 0.000000371. The fraction of sp³-hybridized carbons (Fsp3) is 0.250. The van der Waals surface area contributed by atoms with Crippen LogP contribution in [0, 0.1) is 6.92 Å². The molecule has 0 amide bonds. The van der Waals surface area contributed by atoms with Crippen LogP contribution in [0.15, 0.2) is 24.3 Å². The second kappa shape index (κ2) is 4.82. The zero-order valence-electron chi connectivity index (χ0n) is 6.33. The zero-order valence-corrected chi connectivity index (χ0v) is 6.33. The first kappa shape index (κ1) is 8.98. The molecule has 1 rings (SSSR count). The van der Waals surface area contributed by atoms with Crippen molar-refractivity contribution in [1.82, 2.24) is 0 Å². The standard InChI is InChI=1S/C7H9N.CH4O/c1-6-4-2-3-5-7(6)8;1-2/h2-5H,8H2,1H3;2H,1H3. The van der Waals surface area contributed by atoms with E-state index in [1.165, 1.54) is 0 Å². The van der Waals surface area contributed by atoms with Gasteiger partial charge in [0.15, 0.2) is 0 Å². The number of aliphatic hydroxyl groups excluding tert-OH is 1. The van der Waals surface area contributed by atoms with Gasteiger partial charge < -0.3 is 10.8 Å². The summed E-state index contributed by atoms with van der Waals surface area (Å²) in [5.74, 6) is 0. The number of nitrogen functional groups attached to an aromatic ring is 1. The summed E-state index contributed by atoms with van der Waals surface area (Å²) in [4.78, 5) is 0. The molecular formula is C8H13NO. The Hall–Kier alpha value is -1.02. The SMILES string of the molecule is CO.Cc1ccccc1N. The molecule has 10 heavy (non-hydrogen) atoms. The van der Waals surface area contributed by atoms with Gasteiger partial charge in [0.1, 0.15) is 0 Å². The smallest absolute Gasteiger partial charge is 0.0343 e. The molecule has 1 aromatic rings. The predicted octanol–water partition coefficient (Wildman–Crippen LogP) is 1.19. The van der Waals surface area contributed by atoms with Crippen LogP contribution in [0.4, 0.5) is 5.69 Å². The number of rotatable bonds is 0. The number of hydrogen-bond donors (Lipinski definition) is 2. The molecule has 2 heteroatoms.